The zero-order valence-corrected chi connectivity index (χ0v) is 19.6. The van der Waals surface area contributed by atoms with Crippen LogP contribution in [0.1, 0.15) is 53.5 Å². The van der Waals surface area contributed by atoms with E-state index in [4.69, 9.17) is 9.72 Å². The molecular weight excluding hydrogens is 422 g/mol. The number of rotatable bonds is 9. The number of thiophene rings is 1. The Morgan fingerprint density at radius 2 is 1.94 bits per heavy atom. The maximum atomic E-state index is 13.3. The van der Waals surface area contributed by atoms with Crippen LogP contribution in [-0.2, 0) is 21.5 Å². The van der Waals surface area contributed by atoms with Crippen molar-refractivity contribution < 1.29 is 14.3 Å². The number of pyridine rings is 1. The minimum Gasteiger partial charge on any atom is -0.465 e. The van der Waals surface area contributed by atoms with E-state index < -0.39 is 11.4 Å². The Balaban J connectivity index is 1.64. The molecule has 2 heterocycles. The Kier molecular flexibility index (Phi) is 6.58. The fraction of sp³-hybridized carbons (Fsp3) is 0.400. The van der Waals surface area contributed by atoms with Gasteiger partial charge in [-0.25, -0.2) is 9.78 Å². The zero-order chi connectivity index (χ0) is 22.7. The second-order valence-corrected chi connectivity index (χ2v) is 9.45. The monoisotopic (exact) mass is 451 g/mol. The van der Waals surface area contributed by atoms with E-state index in [2.05, 4.69) is 24.2 Å². The smallest absolute Gasteiger partial charge is 0.350 e. The lowest BCUT2D eigenvalue weighted by Gasteiger charge is -2.16. The van der Waals surface area contributed by atoms with Crippen molar-refractivity contribution in [3.05, 3.63) is 58.6 Å². The van der Waals surface area contributed by atoms with Crippen molar-refractivity contribution in [2.75, 3.05) is 26.0 Å². The number of esters is 1. The predicted molar refractivity (Wildman–Crippen MR) is 128 cm³/mol. The molecule has 1 aliphatic carbocycles. The van der Waals surface area contributed by atoms with Gasteiger partial charge in [-0.1, -0.05) is 43.7 Å². The van der Waals surface area contributed by atoms with Crippen LogP contribution in [0.3, 0.4) is 0 Å². The maximum absolute atomic E-state index is 13.3. The summed E-state index contributed by atoms with van der Waals surface area (Å²) in [5.41, 5.74) is 1.92. The van der Waals surface area contributed by atoms with Crippen molar-refractivity contribution in [3.63, 3.8) is 0 Å². The number of fused-ring (bicyclic) bond motifs is 1. The number of nitrogens with one attached hydrogen (secondary N) is 1. The van der Waals surface area contributed by atoms with E-state index in [9.17, 15) is 9.59 Å². The van der Waals surface area contributed by atoms with E-state index in [0.29, 0.717) is 10.6 Å². The molecule has 1 aromatic carbocycles. The van der Waals surface area contributed by atoms with Gasteiger partial charge in [0.25, 0.3) is 0 Å². The highest BCUT2D eigenvalue weighted by molar-refractivity contribution is 7.21. The lowest BCUT2D eigenvalue weighted by molar-refractivity contribution is -0.118. The fourth-order valence-electron chi connectivity index (χ4n) is 4.01. The number of hydrogen-bond donors (Lipinski definition) is 1. The van der Waals surface area contributed by atoms with Gasteiger partial charge in [0.15, 0.2) is 0 Å². The number of benzene rings is 1. The highest BCUT2D eigenvalue weighted by Gasteiger charge is 2.51. The lowest BCUT2D eigenvalue weighted by atomic mass is 9.95. The van der Waals surface area contributed by atoms with Crippen LogP contribution < -0.4 is 5.32 Å². The molecule has 4 rings (SSSR count). The van der Waals surface area contributed by atoms with Gasteiger partial charge in [-0.15, -0.1) is 11.3 Å². The molecule has 1 fully saturated rings. The van der Waals surface area contributed by atoms with Crippen LogP contribution in [0.4, 0.5) is 5.69 Å². The first-order chi connectivity index (χ1) is 15.5. The summed E-state index contributed by atoms with van der Waals surface area (Å²) >= 11 is 1.27. The van der Waals surface area contributed by atoms with Gasteiger partial charge >= 0.3 is 5.97 Å². The van der Waals surface area contributed by atoms with Gasteiger partial charge in [0, 0.05) is 11.9 Å². The number of nitrogens with zero attached hydrogens (tertiary/aromatic N) is 2. The van der Waals surface area contributed by atoms with E-state index in [1.807, 2.05) is 42.5 Å². The van der Waals surface area contributed by atoms with Gasteiger partial charge in [0.1, 0.15) is 9.71 Å². The molecule has 1 amide bonds. The Labute approximate surface area is 192 Å². The van der Waals surface area contributed by atoms with Crippen LogP contribution in [-0.4, -0.2) is 42.5 Å². The van der Waals surface area contributed by atoms with Gasteiger partial charge in [0.2, 0.25) is 5.91 Å². The summed E-state index contributed by atoms with van der Waals surface area (Å²) in [4.78, 5) is 34.0. The van der Waals surface area contributed by atoms with E-state index >= 15 is 0 Å². The summed E-state index contributed by atoms with van der Waals surface area (Å²) in [7, 11) is 3.44. The summed E-state index contributed by atoms with van der Waals surface area (Å²) in [5.74, 6) is -0.550. The van der Waals surface area contributed by atoms with Crippen LogP contribution in [0.15, 0.2) is 42.5 Å². The first-order valence-electron chi connectivity index (χ1n) is 11.0. The van der Waals surface area contributed by atoms with E-state index in [-0.39, 0.29) is 5.91 Å². The molecule has 2 aromatic heterocycles. The van der Waals surface area contributed by atoms with Gasteiger partial charge in [-0.3, -0.25) is 4.79 Å². The second-order valence-electron chi connectivity index (χ2n) is 8.45. The zero-order valence-electron chi connectivity index (χ0n) is 18.8. The minimum atomic E-state index is -0.529. The molecule has 0 radical (unpaired) electrons. The Bertz CT molecular complexity index is 1120. The van der Waals surface area contributed by atoms with E-state index in [0.717, 1.165) is 60.2 Å². The van der Waals surface area contributed by atoms with Crippen molar-refractivity contribution in [1.82, 2.24) is 9.88 Å². The highest BCUT2D eigenvalue weighted by Crippen LogP contribution is 2.49. The number of amides is 1. The molecule has 0 bridgehead atoms. The van der Waals surface area contributed by atoms with Crippen molar-refractivity contribution in [2.45, 2.75) is 44.6 Å². The SMILES string of the molecule is CCCCN(C)Cc1ccc2c(NC(=O)C3(c4ccccc4)CC3)c(C(=O)OC)sc2n1. The van der Waals surface area contributed by atoms with Crippen LogP contribution in [0.25, 0.3) is 10.2 Å². The molecule has 168 valence electrons. The van der Waals surface area contributed by atoms with Gasteiger partial charge < -0.3 is 15.0 Å². The number of methoxy groups -OCH3 is 1. The molecule has 0 spiro atoms. The first kappa shape index (κ1) is 22.4. The highest BCUT2D eigenvalue weighted by atomic mass is 32.1. The number of hydrogen-bond acceptors (Lipinski definition) is 6. The van der Waals surface area contributed by atoms with Crippen LogP contribution in [0, 0.1) is 0 Å². The van der Waals surface area contributed by atoms with Crippen molar-refractivity contribution >= 4 is 39.1 Å². The Morgan fingerprint density at radius 1 is 1.19 bits per heavy atom. The van der Waals surface area contributed by atoms with Crippen molar-refractivity contribution in [1.29, 1.82) is 0 Å². The molecule has 1 N–H and O–H groups in total. The summed E-state index contributed by atoms with van der Waals surface area (Å²) in [6.07, 6.45) is 3.89. The third-order valence-corrected chi connectivity index (χ3v) is 7.14. The minimum absolute atomic E-state index is 0.0862. The van der Waals surface area contributed by atoms with Gasteiger partial charge in [-0.2, -0.15) is 0 Å². The lowest BCUT2D eigenvalue weighted by Crippen LogP contribution is -2.28. The first-order valence-corrected chi connectivity index (χ1v) is 11.9. The molecule has 0 aliphatic heterocycles. The molecule has 0 saturated heterocycles. The molecule has 7 heteroatoms. The standard InChI is InChI=1S/C25H29N3O3S/c1-4-5-15-28(2)16-18-11-12-19-20(21(23(29)31-3)32-22(19)26-18)27-24(30)25(13-14-25)17-9-7-6-8-10-17/h6-12H,4-5,13-16H2,1-3H3,(H,27,30). The van der Waals surface area contributed by atoms with E-state index in [1.165, 1.54) is 18.4 Å². The number of unbranched alkanes of at least 4 members (excludes halogenated alkanes) is 1. The third kappa shape index (κ3) is 4.40. The largest absolute Gasteiger partial charge is 0.465 e. The Hall–Kier alpha value is -2.77. The number of ether oxygens (including phenoxy) is 1. The topological polar surface area (TPSA) is 71.5 Å². The number of anilines is 1. The van der Waals surface area contributed by atoms with Crippen molar-refractivity contribution in [3.8, 4) is 0 Å². The second kappa shape index (κ2) is 9.38. The summed E-state index contributed by atoms with van der Waals surface area (Å²) in [5, 5.41) is 3.83. The van der Waals surface area contributed by atoms with Gasteiger partial charge in [-0.05, 0) is 50.6 Å². The molecule has 0 unspecified atom stereocenters. The predicted octanol–water partition coefficient (Wildman–Crippen LogP) is 4.99. The van der Waals surface area contributed by atoms with Crippen LogP contribution in [0.2, 0.25) is 0 Å². The summed E-state index contributed by atoms with van der Waals surface area (Å²) in [6, 6.07) is 13.7. The quantitative estimate of drug-likeness (QED) is 0.464. The molecule has 32 heavy (non-hydrogen) atoms. The summed E-state index contributed by atoms with van der Waals surface area (Å²) < 4.78 is 5.00. The molecule has 1 saturated carbocycles. The average molecular weight is 452 g/mol. The fourth-order valence-corrected chi connectivity index (χ4v) is 5.08. The number of aromatic nitrogens is 1. The molecule has 3 aromatic rings. The van der Waals surface area contributed by atoms with Crippen LogP contribution >= 0.6 is 11.3 Å². The molecule has 1 aliphatic rings. The molecule has 0 atom stereocenters. The Morgan fingerprint density at radius 3 is 2.59 bits per heavy atom. The molecular formula is C25H29N3O3S. The average Bonchev–Trinajstić information content (AvgIpc) is 3.56. The number of carbonyl (C=O) groups is 2. The third-order valence-electron chi connectivity index (χ3n) is 6.06. The molecule has 6 nitrogen and oxygen atoms in total. The van der Waals surface area contributed by atoms with Crippen LogP contribution in [0.5, 0.6) is 0 Å². The van der Waals surface area contributed by atoms with E-state index in [1.54, 1.807) is 0 Å². The van der Waals surface area contributed by atoms with Crippen molar-refractivity contribution in [2.24, 2.45) is 0 Å². The maximum Gasteiger partial charge on any atom is 0.350 e. The normalized spacial score (nSPS) is 14.5. The number of carbonyl (C=O) groups excluding carboxylic acids is 2. The summed E-state index contributed by atoms with van der Waals surface area (Å²) in [6.45, 7) is 3.93. The van der Waals surface area contributed by atoms with Gasteiger partial charge in [0.05, 0.1) is 23.9 Å².